The van der Waals surface area contributed by atoms with Crippen LogP contribution in [0.1, 0.15) is 50.3 Å². The highest BCUT2D eigenvalue weighted by molar-refractivity contribution is 5.83. The number of hydrogen-bond donors (Lipinski definition) is 0. The molecule has 1 aromatic rings. The lowest BCUT2D eigenvalue weighted by Crippen LogP contribution is -2.43. The summed E-state index contributed by atoms with van der Waals surface area (Å²) in [5, 5.41) is 0. The molecule has 2 unspecified atom stereocenters. The number of methoxy groups -OCH3 is 2. The van der Waals surface area contributed by atoms with E-state index in [0.717, 1.165) is 50.3 Å². The van der Waals surface area contributed by atoms with Crippen LogP contribution in [-0.2, 0) is 16.0 Å². The quantitative estimate of drug-likeness (QED) is 0.559. The van der Waals surface area contributed by atoms with Crippen molar-refractivity contribution in [2.24, 2.45) is 5.92 Å². The number of carbonyl (C=O) groups excluding carboxylic acids is 1. The van der Waals surface area contributed by atoms with Gasteiger partial charge in [0, 0.05) is 25.2 Å². The third kappa shape index (κ3) is 4.13. The monoisotopic (exact) mass is 373 g/mol. The molecule has 1 fully saturated rings. The molecule has 3 rings (SSSR count). The third-order valence-electron chi connectivity index (χ3n) is 5.75. The molecule has 2 aliphatic rings. The SMILES string of the molecule is CCCC1CN2CCc3cc(OC)c(OC)cc3C2C/C1=C/C(=O)OCC. The largest absolute Gasteiger partial charge is 0.493 e. The van der Waals surface area contributed by atoms with Crippen molar-refractivity contribution in [3.05, 3.63) is 34.9 Å². The summed E-state index contributed by atoms with van der Waals surface area (Å²) in [6.07, 6.45) is 5.85. The highest BCUT2D eigenvalue weighted by Gasteiger charge is 2.36. The fourth-order valence-corrected chi connectivity index (χ4v) is 4.47. The van der Waals surface area contributed by atoms with E-state index >= 15 is 0 Å². The van der Waals surface area contributed by atoms with Gasteiger partial charge in [-0.1, -0.05) is 18.9 Å². The Morgan fingerprint density at radius 3 is 2.63 bits per heavy atom. The fourth-order valence-electron chi connectivity index (χ4n) is 4.47. The van der Waals surface area contributed by atoms with Crippen LogP contribution in [0.2, 0.25) is 0 Å². The van der Waals surface area contributed by atoms with Crippen molar-refractivity contribution >= 4 is 5.97 Å². The molecule has 0 radical (unpaired) electrons. The van der Waals surface area contributed by atoms with E-state index in [2.05, 4.69) is 24.0 Å². The number of benzene rings is 1. The predicted octanol–water partition coefficient (Wildman–Crippen LogP) is 3.91. The van der Waals surface area contributed by atoms with Crippen molar-refractivity contribution in [3.63, 3.8) is 0 Å². The van der Waals surface area contributed by atoms with Crippen LogP contribution in [0.25, 0.3) is 0 Å². The van der Waals surface area contributed by atoms with Crippen molar-refractivity contribution in [1.29, 1.82) is 0 Å². The Morgan fingerprint density at radius 2 is 1.96 bits per heavy atom. The normalized spacial score (nSPS) is 23.5. The summed E-state index contributed by atoms with van der Waals surface area (Å²) in [7, 11) is 3.35. The molecule has 148 valence electrons. The number of ether oxygens (including phenoxy) is 3. The number of piperidine rings is 1. The second kappa shape index (κ2) is 8.79. The van der Waals surface area contributed by atoms with Crippen LogP contribution in [0.4, 0.5) is 0 Å². The molecule has 1 saturated heterocycles. The molecule has 0 spiro atoms. The number of nitrogens with zero attached hydrogens (tertiary/aromatic N) is 1. The van der Waals surface area contributed by atoms with E-state index in [9.17, 15) is 4.79 Å². The van der Waals surface area contributed by atoms with Gasteiger partial charge in [0.25, 0.3) is 0 Å². The van der Waals surface area contributed by atoms with Gasteiger partial charge in [-0.25, -0.2) is 4.79 Å². The van der Waals surface area contributed by atoms with Crippen LogP contribution >= 0.6 is 0 Å². The van der Waals surface area contributed by atoms with Gasteiger partial charge in [0.15, 0.2) is 11.5 Å². The molecule has 5 heteroatoms. The van der Waals surface area contributed by atoms with E-state index in [4.69, 9.17) is 14.2 Å². The predicted molar refractivity (Wildman–Crippen MR) is 105 cm³/mol. The van der Waals surface area contributed by atoms with Crippen molar-refractivity contribution in [2.75, 3.05) is 33.9 Å². The van der Waals surface area contributed by atoms with Crippen LogP contribution < -0.4 is 9.47 Å². The van der Waals surface area contributed by atoms with Crippen LogP contribution in [0, 0.1) is 5.92 Å². The second-order valence-electron chi connectivity index (χ2n) is 7.33. The second-order valence-corrected chi connectivity index (χ2v) is 7.33. The van der Waals surface area contributed by atoms with E-state index in [1.807, 2.05) is 6.92 Å². The zero-order valence-electron chi connectivity index (χ0n) is 16.9. The molecule has 0 bridgehead atoms. The number of fused-ring (bicyclic) bond motifs is 3. The van der Waals surface area contributed by atoms with E-state index in [1.54, 1.807) is 20.3 Å². The van der Waals surface area contributed by atoms with Crippen LogP contribution in [0.5, 0.6) is 11.5 Å². The number of esters is 1. The first-order chi connectivity index (χ1) is 13.1. The topological polar surface area (TPSA) is 48.0 Å². The molecule has 0 saturated carbocycles. The van der Waals surface area contributed by atoms with Gasteiger partial charge in [0.2, 0.25) is 0 Å². The Balaban J connectivity index is 1.94. The standard InChI is InChI=1S/C22H31NO4/c1-5-7-16-14-23-9-8-15-11-20(25-3)21(26-4)13-18(15)19(23)10-17(16)12-22(24)27-6-2/h11-13,16,19H,5-10,14H2,1-4H3/b17-12-. The zero-order chi connectivity index (χ0) is 19.4. The van der Waals surface area contributed by atoms with Gasteiger partial charge in [-0.05, 0) is 55.4 Å². The molecule has 0 amide bonds. The average molecular weight is 373 g/mol. The van der Waals surface area contributed by atoms with Crippen molar-refractivity contribution in [2.45, 2.75) is 45.6 Å². The highest BCUT2D eigenvalue weighted by Crippen LogP contribution is 2.45. The summed E-state index contributed by atoms with van der Waals surface area (Å²) in [5.41, 5.74) is 3.83. The number of rotatable bonds is 6. The van der Waals surface area contributed by atoms with Gasteiger partial charge < -0.3 is 14.2 Å². The molecule has 0 N–H and O–H groups in total. The van der Waals surface area contributed by atoms with E-state index in [0.29, 0.717) is 12.5 Å². The Hall–Kier alpha value is -2.01. The maximum absolute atomic E-state index is 12.1. The van der Waals surface area contributed by atoms with Crippen molar-refractivity contribution in [1.82, 2.24) is 4.90 Å². The lowest BCUT2D eigenvalue weighted by Gasteiger charge is -2.45. The molecule has 27 heavy (non-hydrogen) atoms. The molecular weight excluding hydrogens is 342 g/mol. The first-order valence-corrected chi connectivity index (χ1v) is 9.97. The number of hydrogen-bond acceptors (Lipinski definition) is 5. The van der Waals surface area contributed by atoms with Crippen LogP contribution in [0.3, 0.4) is 0 Å². The maximum atomic E-state index is 12.1. The summed E-state index contributed by atoms with van der Waals surface area (Å²) in [4.78, 5) is 14.7. The maximum Gasteiger partial charge on any atom is 0.330 e. The lowest BCUT2D eigenvalue weighted by molar-refractivity contribution is -0.137. The van der Waals surface area contributed by atoms with Crippen molar-refractivity contribution < 1.29 is 19.0 Å². The van der Waals surface area contributed by atoms with Gasteiger partial charge in [-0.3, -0.25) is 4.90 Å². The fraction of sp³-hybridized carbons (Fsp3) is 0.591. The van der Waals surface area contributed by atoms with Crippen LogP contribution in [0.15, 0.2) is 23.8 Å². The molecule has 0 aliphatic carbocycles. The minimum Gasteiger partial charge on any atom is -0.493 e. The van der Waals surface area contributed by atoms with Gasteiger partial charge >= 0.3 is 5.97 Å². The van der Waals surface area contributed by atoms with E-state index < -0.39 is 0 Å². The minimum atomic E-state index is -0.217. The third-order valence-corrected chi connectivity index (χ3v) is 5.75. The van der Waals surface area contributed by atoms with E-state index in [-0.39, 0.29) is 12.0 Å². The summed E-state index contributed by atoms with van der Waals surface area (Å²) in [6, 6.07) is 4.51. The van der Waals surface area contributed by atoms with Crippen molar-refractivity contribution in [3.8, 4) is 11.5 Å². The first kappa shape index (κ1) is 19.7. The Kier molecular flexibility index (Phi) is 6.42. The minimum absolute atomic E-state index is 0.217. The summed E-state index contributed by atoms with van der Waals surface area (Å²) in [6.45, 7) is 6.50. The first-order valence-electron chi connectivity index (χ1n) is 9.97. The van der Waals surface area contributed by atoms with Gasteiger partial charge in [0.1, 0.15) is 0 Å². The van der Waals surface area contributed by atoms with E-state index in [1.165, 1.54) is 16.7 Å². The molecule has 0 aromatic heterocycles. The Bertz CT molecular complexity index is 713. The lowest BCUT2D eigenvalue weighted by atomic mass is 9.78. The average Bonchev–Trinajstić information content (AvgIpc) is 2.67. The molecule has 2 heterocycles. The van der Waals surface area contributed by atoms with Gasteiger partial charge in [-0.2, -0.15) is 0 Å². The molecule has 2 atom stereocenters. The van der Waals surface area contributed by atoms with Gasteiger partial charge in [0.05, 0.1) is 20.8 Å². The Labute approximate surface area is 162 Å². The zero-order valence-corrected chi connectivity index (χ0v) is 16.9. The van der Waals surface area contributed by atoms with Crippen LogP contribution in [-0.4, -0.2) is 44.8 Å². The summed E-state index contributed by atoms with van der Waals surface area (Å²) < 4.78 is 16.2. The summed E-state index contributed by atoms with van der Waals surface area (Å²) in [5.74, 6) is 1.76. The smallest absolute Gasteiger partial charge is 0.330 e. The molecular formula is C22H31NO4. The summed E-state index contributed by atoms with van der Waals surface area (Å²) >= 11 is 0. The molecule has 1 aromatic carbocycles. The highest BCUT2D eigenvalue weighted by atomic mass is 16.5. The molecule has 5 nitrogen and oxygen atoms in total. The number of carbonyl (C=O) groups is 1. The Morgan fingerprint density at radius 1 is 1.22 bits per heavy atom. The van der Waals surface area contributed by atoms with Gasteiger partial charge in [-0.15, -0.1) is 0 Å². The molecule has 2 aliphatic heterocycles.